The number of urea groups is 1. The Labute approximate surface area is 220 Å². The number of hydrazone groups is 1. The number of phenols is 1. The molecule has 0 radical (unpaired) electrons. The van der Waals surface area contributed by atoms with Gasteiger partial charge in [-0.15, -0.1) is 0 Å². The van der Waals surface area contributed by atoms with E-state index in [-0.39, 0.29) is 5.75 Å². The molecule has 3 N–H and O–H groups in total. The number of aromatic nitrogens is 1. The molecule has 192 valence electrons. The highest BCUT2D eigenvalue weighted by Gasteiger charge is 2.09. The van der Waals surface area contributed by atoms with Crippen LogP contribution in [0, 0.1) is 6.92 Å². The standard InChI is InChI=1S/C28H31N5O3S/c1-4-33(5-2)17-21-10-13-24-26(14-21)37-28(30-24)31-27(35)32-29-16-22-11-12-23(15-25(22)34)36-18-20-8-6-19(3)7-9-20/h6-16,34H,4-5,17-18H2,1-3H3,(H2,30,31,32,35)/b29-16+. The van der Waals surface area contributed by atoms with E-state index in [9.17, 15) is 9.90 Å². The first-order valence-electron chi connectivity index (χ1n) is 12.2. The number of carbonyl (C=O) groups is 1. The van der Waals surface area contributed by atoms with Crippen molar-refractivity contribution in [2.45, 2.75) is 33.9 Å². The average molecular weight is 518 g/mol. The van der Waals surface area contributed by atoms with Crippen LogP contribution in [0.5, 0.6) is 11.5 Å². The van der Waals surface area contributed by atoms with Crippen LogP contribution in [0.3, 0.4) is 0 Å². The number of nitrogens with zero attached hydrogens (tertiary/aromatic N) is 3. The highest BCUT2D eigenvalue weighted by molar-refractivity contribution is 7.22. The number of fused-ring (bicyclic) bond motifs is 1. The zero-order valence-corrected chi connectivity index (χ0v) is 22.0. The fraction of sp³-hybridized carbons (Fsp3) is 0.250. The lowest BCUT2D eigenvalue weighted by atomic mass is 10.2. The van der Waals surface area contributed by atoms with E-state index in [1.807, 2.05) is 37.3 Å². The summed E-state index contributed by atoms with van der Waals surface area (Å²) in [5, 5.41) is 17.4. The fourth-order valence-corrected chi connectivity index (χ4v) is 4.61. The second kappa shape index (κ2) is 12.3. The maximum atomic E-state index is 12.3. The number of nitrogens with one attached hydrogen (secondary N) is 2. The predicted molar refractivity (Wildman–Crippen MR) is 150 cm³/mol. The topological polar surface area (TPSA) is 99.1 Å². The summed E-state index contributed by atoms with van der Waals surface area (Å²) >= 11 is 1.41. The molecule has 8 nitrogen and oxygen atoms in total. The zero-order chi connectivity index (χ0) is 26.2. The molecule has 1 heterocycles. The summed E-state index contributed by atoms with van der Waals surface area (Å²) in [5.41, 5.74) is 7.13. The quantitative estimate of drug-likeness (QED) is 0.180. The van der Waals surface area contributed by atoms with Gasteiger partial charge in [0.1, 0.15) is 18.1 Å². The Kier molecular flexibility index (Phi) is 8.71. The van der Waals surface area contributed by atoms with Crippen LogP contribution in [-0.2, 0) is 13.2 Å². The summed E-state index contributed by atoms with van der Waals surface area (Å²) < 4.78 is 6.76. The SMILES string of the molecule is CCN(CC)Cc1ccc2nc(NC(=O)N/N=C/c3ccc(OCc4ccc(C)cc4)cc3O)sc2c1. The largest absolute Gasteiger partial charge is 0.507 e. The third-order valence-electron chi connectivity index (χ3n) is 5.87. The molecule has 0 aliphatic carbocycles. The molecule has 0 fully saturated rings. The molecule has 9 heteroatoms. The van der Waals surface area contributed by atoms with Crippen LogP contribution in [0.4, 0.5) is 9.93 Å². The van der Waals surface area contributed by atoms with E-state index in [0.29, 0.717) is 23.1 Å². The molecule has 0 aliphatic rings. The van der Waals surface area contributed by atoms with Crippen LogP contribution in [0.1, 0.15) is 36.1 Å². The Morgan fingerprint density at radius 1 is 1.08 bits per heavy atom. The minimum atomic E-state index is -0.517. The van der Waals surface area contributed by atoms with Crippen molar-refractivity contribution in [1.82, 2.24) is 15.3 Å². The predicted octanol–water partition coefficient (Wildman–Crippen LogP) is 5.89. The Morgan fingerprint density at radius 2 is 1.84 bits per heavy atom. The monoisotopic (exact) mass is 517 g/mol. The van der Waals surface area contributed by atoms with Crippen molar-refractivity contribution in [3.63, 3.8) is 0 Å². The van der Waals surface area contributed by atoms with E-state index >= 15 is 0 Å². The van der Waals surface area contributed by atoms with Gasteiger partial charge >= 0.3 is 6.03 Å². The molecule has 3 aromatic carbocycles. The second-order valence-electron chi connectivity index (χ2n) is 8.60. The summed E-state index contributed by atoms with van der Waals surface area (Å²) in [6.07, 6.45) is 1.37. The number of phenolic OH excluding ortho intramolecular Hbond substituents is 1. The number of hydrogen-bond acceptors (Lipinski definition) is 7. The third-order valence-corrected chi connectivity index (χ3v) is 6.81. The average Bonchev–Trinajstić information content (AvgIpc) is 3.29. The van der Waals surface area contributed by atoms with Gasteiger partial charge in [0.25, 0.3) is 0 Å². The number of benzene rings is 3. The second-order valence-corrected chi connectivity index (χ2v) is 9.63. The number of carbonyl (C=O) groups excluding carboxylic acids is 1. The number of thiazole rings is 1. The Morgan fingerprint density at radius 3 is 2.57 bits per heavy atom. The van der Waals surface area contributed by atoms with Crippen LogP contribution < -0.4 is 15.5 Å². The van der Waals surface area contributed by atoms with Crippen LogP contribution in [0.25, 0.3) is 10.2 Å². The minimum Gasteiger partial charge on any atom is -0.507 e. The number of ether oxygens (including phenoxy) is 1. The molecule has 0 bridgehead atoms. The normalized spacial score (nSPS) is 11.4. The van der Waals surface area contributed by atoms with Crippen LogP contribution in [0.15, 0.2) is 65.8 Å². The first-order valence-corrected chi connectivity index (χ1v) is 13.0. The van der Waals surface area contributed by atoms with Crippen molar-refractivity contribution in [2.75, 3.05) is 18.4 Å². The number of rotatable bonds is 10. The Hall–Kier alpha value is -3.95. The van der Waals surface area contributed by atoms with Gasteiger partial charge in [-0.2, -0.15) is 5.10 Å². The molecule has 4 rings (SSSR count). The molecule has 0 saturated carbocycles. The zero-order valence-electron chi connectivity index (χ0n) is 21.2. The van der Waals surface area contributed by atoms with E-state index in [4.69, 9.17) is 4.74 Å². The first kappa shape index (κ1) is 26.1. The summed E-state index contributed by atoms with van der Waals surface area (Å²) in [5.74, 6) is 0.538. The van der Waals surface area contributed by atoms with Crippen LogP contribution in [0.2, 0.25) is 0 Å². The van der Waals surface area contributed by atoms with Gasteiger partial charge in [-0.05, 0) is 55.4 Å². The van der Waals surface area contributed by atoms with Crippen molar-refractivity contribution in [2.24, 2.45) is 5.10 Å². The highest BCUT2D eigenvalue weighted by Crippen LogP contribution is 2.27. The maximum absolute atomic E-state index is 12.3. The lowest BCUT2D eigenvalue weighted by Crippen LogP contribution is -2.24. The molecule has 2 amide bonds. The molecule has 0 aliphatic heterocycles. The van der Waals surface area contributed by atoms with E-state index in [2.05, 4.69) is 51.7 Å². The summed E-state index contributed by atoms with van der Waals surface area (Å²) in [6.45, 7) is 9.60. The van der Waals surface area contributed by atoms with Gasteiger partial charge in [0.15, 0.2) is 5.13 Å². The number of aryl methyl sites for hydroxylation is 1. The number of aromatic hydroxyl groups is 1. The molecule has 4 aromatic rings. The van der Waals surface area contributed by atoms with Gasteiger partial charge in [0.2, 0.25) is 0 Å². The van der Waals surface area contributed by atoms with Crippen LogP contribution >= 0.6 is 11.3 Å². The lowest BCUT2D eigenvalue weighted by Gasteiger charge is -2.17. The molecule has 0 atom stereocenters. The van der Waals surface area contributed by atoms with Crippen molar-refractivity contribution >= 4 is 38.9 Å². The Balaban J connectivity index is 1.30. The van der Waals surface area contributed by atoms with E-state index in [1.54, 1.807) is 12.1 Å². The molecule has 0 spiro atoms. The molecular formula is C28H31N5O3S. The summed E-state index contributed by atoms with van der Waals surface area (Å²) in [6, 6.07) is 18.6. The van der Waals surface area contributed by atoms with Gasteiger partial charge in [-0.1, -0.05) is 61.1 Å². The lowest BCUT2D eigenvalue weighted by molar-refractivity contribution is 0.252. The van der Waals surface area contributed by atoms with E-state index < -0.39 is 6.03 Å². The number of anilines is 1. The third kappa shape index (κ3) is 7.28. The van der Waals surface area contributed by atoms with Gasteiger partial charge in [0, 0.05) is 18.2 Å². The van der Waals surface area contributed by atoms with Crippen molar-refractivity contribution < 1.29 is 14.6 Å². The molecular weight excluding hydrogens is 486 g/mol. The van der Waals surface area contributed by atoms with Gasteiger partial charge in [-0.3, -0.25) is 10.2 Å². The number of hydrogen-bond donors (Lipinski definition) is 3. The van der Waals surface area contributed by atoms with Gasteiger partial charge < -0.3 is 9.84 Å². The van der Waals surface area contributed by atoms with Crippen molar-refractivity contribution in [1.29, 1.82) is 0 Å². The molecule has 0 unspecified atom stereocenters. The highest BCUT2D eigenvalue weighted by atomic mass is 32.1. The first-order chi connectivity index (χ1) is 17.9. The summed E-state index contributed by atoms with van der Waals surface area (Å²) in [7, 11) is 0. The molecule has 1 aromatic heterocycles. The number of amides is 2. The van der Waals surface area contributed by atoms with Gasteiger partial charge in [-0.25, -0.2) is 15.2 Å². The molecule has 37 heavy (non-hydrogen) atoms. The van der Waals surface area contributed by atoms with Crippen LogP contribution in [-0.4, -0.2) is 40.3 Å². The minimum absolute atomic E-state index is 0.000877. The smallest absolute Gasteiger partial charge is 0.341 e. The van der Waals surface area contributed by atoms with E-state index in [1.165, 1.54) is 34.7 Å². The Bertz CT molecular complexity index is 1380. The maximum Gasteiger partial charge on any atom is 0.341 e. The van der Waals surface area contributed by atoms with E-state index in [0.717, 1.165) is 35.4 Å². The molecule has 0 saturated heterocycles. The summed E-state index contributed by atoms with van der Waals surface area (Å²) in [4.78, 5) is 19.1. The van der Waals surface area contributed by atoms with Crippen molar-refractivity contribution in [3.8, 4) is 11.5 Å². The fourth-order valence-electron chi connectivity index (χ4n) is 3.69. The van der Waals surface area contributed by atoms with Crippen molar-refractivity contribution in [3.05, 3.63) is 82.9 Å². The van der Waals surface area contributed by atoms with Gasteiger partial charge in [0.05, 0.1) is 16.4 Å².